The number of morpholine rings is 1. The van der Waals surface area contributed by atoms with Crippen LogP contribution in [0.1, 0.15) is 34.1 Å². The fraction of sp³-hybridized carbons (Fsp3) is 0.579. The van der Waals surface area contributed by atoms with Gasteiger partial charge in [0.2, 0.25) is 0 Å². The standard InChI is InChI=1S/C19H29N3O4/c1-13(2)25-18(23)9-10-20-19(24)21-16-7-5-6-8-17(16)22-11-14(3)26-15(4)12-22/h5-8,13-15H,9-12H2,1-4H3,(H2,20,21,24)/t14-,15-/m1/s1. The molecule has 2 amide bonds. The average molecular weight is 363 g/mol. The third-order valence-corrected chi connectivity index (χ3v) is 3.89. The van der Waals surface area contributed by atoms with E-state index in [4.69, 9.17) is 9.47 Å². The molecule has 0 aliphatic carbocycles. The van der Waals surface area contributed by atoms with Gasteiger partial charge in [-0.15, -0.1) is 0 Å². The highest BCUT2D eigenvalue weighted by atomic mass is 16.5. The number of benzene rings is 1. The molecule has 144 valence electrons. The number of anilines is 2. The number of nitrogens with zero attached hydrogens (tertiary/aromatic N) is 1. The van der Waals surface area contributed by atoms with Crippen LogP contribution in [0, 0.1) is 0 Å². The molecular weight excluding hydrogens is 334 g/mol. The summed E-state index contributed by atoms with van der Waals surface area (Å²) in [7, 11) is 0. The molecule has 26 heavy (non-hydrogen) atoms. The van der Waals surface area contributed by atoms with E-state index in [0.29, 0.717) is 0 Å². The van der Waals surface area contributed by atoms with Crippen molar-refractivity contribution < 1.29 is 19.1 Å². The first kappa shape index (κ1) is 20.0. The lowest BCUT2D eigenvalue weighted by Crippen LogP contribution is -2.45. The number of carbonyl (C=O) groups is 2. The zero-order valence-electron chi connectivity index (χ0n) is 16.0. The normalized spacial score (nSPS) is 20.0. The summed E-state index contributed by atoms with van der Waals surface area (Å²) in [6, 6.07) is 7.34. The Morgan fingerprint density at radius 2 is 1.88 bits per heavy atom. The second-order valence-electron chi connectivity index (χ2n) is 6.85. The molecule has 7 nitrogen and oxygen atoms in total. The Hall–Kier alpha value is -2.28. The van der Waals surface area contributed by atoms with Crippen LogP contribution in [0.2, 0.25) is 0 Å². The summed E-state index contributed by atoms with van der Waals surface area (Å²) in [6.45, 7) is 9.44. The van der Waals surface area contributed by atoms with E-state index in [9.17, 15) is 9.59 Å². The van der Waals surface area contributed by atoms with Crippen molar-refractivity contribution in [1.82, 2.24) is 5.32 Å². The van der Waals surface area contributed by atoms with Gasteiger partial charge in [-0.25, -0.2) is 4.79 Å². The number of hydrogen-bond acceptors (Lipinski definition) is 5. The number of amides is 2. The van der Waals surface area contributed by atoms with Gasteiger partial charge in [0, 0.05) is 19.6 Å². The molecule has 0 bridgehead atoms. The molecule has 0 aromatic heterocycles. The first-order valence-electron chi connectivity index (χ1n) is 9.09. The number of nitrogens with one attached hydrogen (secondary N) is 2. The van der Waals surface area contributed by atoms with E-state index < -0.39 is 0 Å². The fourth-order valence-corrected chi connectivity index (χ4v) is 3.00. The second-order valence-corrected chi connectivity index (χ2v) is 6.85. The Morgan fingerprint density at radius 3 is 2.54 bits per heavy atom. The average Bonchev–Trinajstić information content (AvgIpc) is 2.53. The summed E-state index contributed by atoms with van der Waals surface area (Å²) in [5.41, 5.74) is 1.69. The van der Waals surface area contributed by atoms with Gasteiger partial charge in [-0.3, -0.25) is 4.79 Å². The minimum Gasteiger partial charge on any atom is -0.463 e. The Kier molecular flexibility index (Phi) is 7.26. The Labute approximate surface area is 155 Å². The lowest BCUT2D eigenvalue weighted by molar-refractivity contribution is -0.147. The quantitative estimate of drug-likeness (QED) is 0.760. The van der Waals surface area contributed by atoms with Gasteiger partial charge in [0.1, 0.15) is 0 Å². The maximum Gasteiger partial charge on any atom is 0.319 e. The van der Waals surface area contributed by atoms with Crippen molar-refractivity contribution in [3.05, 3.63) is 24.3 Å². The van der Waals surface area contributed by atoms with Gasteiger partial charge in [-0.1, -0.05) is 12.1 Å². The summed E-state index contributed by atoms with van der Waals surface area (Å²) in [6.07, 6.45) is 0.257. The number of urea groups is 1. The number of ether oxygens (including phenoxy) is 2. The molecule has 1 saturated heterocycles. The van der Waals surface area contributed by atoms with Crippen molar-refractivity contribution >= 4 is 23.4 Å². The molecule has 0 saturated carbocycles. The van der Waals surface area contributed by atoms with Gasteiger partial charge in [0.15, 0.2) is 0 Å². The number of esters is 1. The first-order chi connectivity index (χ1) is 12.3. The molecular formula is C19H29N3O4. The number of para-hydroxylation sites is 2. The zero-order valence-corrected chi connectivity index (χ0v) is 16.0. The molecule has 2 rings (SSSR count). The second kappa shape index (κ2) is 9.43. The Morgan fingerprint density at radius 1 is 1.23 bits per heavy atom. The molecule has 2 N–H and O–H groups in total. The van der Waals surface area contributed by atoms with Crippen LogP contribution in [0.3, 0.4) is 0 Å². The van der Waals surface area contributed by atoms with Gasteiger partial charge in [-0.05, 0) is 39.8 Å². The number of carbonyl (C=O) groups excluding carboxylic acids is 2. The van der Waals surface area contributed by atoms with E-state index in [1.54, 1.807) is 13.8 Å². The molecule has 0 spiro atoms. The molecule has 1 aliphatic heterocycles. The van der Waals surface area contributed by atoms with E-state index in [2.05, 4.69) is 15.5 Å². The SMILES string of the molecule is CC(C)OC(=O)CCNC(=O)Nc1ccccc1N1C[C@@H](C)O[C@H](C)C1. The van der Waals surface area contributed by atoms with Gasteiger partial charge >= 0.3 is 12.0 Å². The van der Waals surface area contributed by atoms with Crippen LogP contribution < -0.4 is 15.5 Å². The van der Waals surface area contributed by atoms with Crippen molar-refractivity contribution in [2.75, 3.05) is 29.9 Å². The molecule has 7 heteroatoms. The molecule has 1 heterocycles. The summed E-state index contributed by atoms with van der Waals surface area (Å²) >= 11 is 0. The predicted molar refractivity (Wildman–Crippen MR) is 102 cm³/mol. The highest BCUT2D eigenvalue weighted by Gasteiger charge is 2.24. The van der Waals surface area contributed by atoms with Crippen molar-refractivity contribution in [3.8, 4) is 0 Å². The van der Waals surface area contributed by atoms with E-state index in [0.717, 1.165) is 24.5 Å². The molecule has 0 unspecified atom stereocenters. The maximum atomic E-state index is 12.2. The van der Waals surface area contributed by atoms with Gasteiger partial charge in [0.05, 0.1) is 36.1 Å². The first-order valence-corrected chi connectivity index (χ1v) is 9.09. The van der Waals surface area contributed by atoms with Gasteiger partial charge in [-0.2, -0.15) is 0 Å². The molecule has 0 radical (unpaired) electrons. The van der Waals surface area contributed by atoms with Crippen LogP contribution in [0.5, 0.6) is 0 Å². The van der Waals surface area contributed by atoms with Crippen LogP contribution in [0.25, 0.3) is 0 Å². The van der Waals surface area contributed by atoms with Crippen LogP contribution in [0.4, 0.5) is 16.2 Å². The van der Waals surface area contributed by atoms with Crippen LogP contribution in [-0.4, -0.2) is 49.9 Å². The summed E-state index contributed by atoms with van der Waals surface area (Å²) in [5, 5.41) is 5.56. The fourth-order valence-electron chi connectivity index (χ4n) is 3.00. The smallest absolute Gasteiger partial charge is 0.319 e. The predicted octanol–water partition coefficient (Wildman–Crippen LogP) is 2.76. The maximum absolute atomic E-state index is 12.2. The molecule has 2 atom stereocenters. The van der Waals surface area contributed by atoms with Crippen LogP contribution in [-0.2, 0) is 14.3 Å². The minimum atomic E-state index is -0.343. The monoisotopic (exact) mass is 363 g/mol. The highest BCUT2D eigenvalue weighted by molar-refractivity contribution is 5.93. The van der Waals surface area contributed by atoms with E-state index in [1.165, 1.54) is 0 Å². The lowest BCUT2D eigenvalue weighted by Gasteiger charge is -2.37. The molecule has 1 aromatic carbocycles. The third-order valence-electron chi connectivity index (χ3n) is 3.89. The summed E-state index contributed by atoms with van der Waals surface area (Å²) < 4.78 is 10.8. The molecule has 1 fully saturated rings. The van der Waals surface area contributed by atoms with E-state index in [1.807, 2.05) is 38.1 Å². The van der Waals surface area contributed by atoms with Crippen molar-refractivity contribution in [1.29, 1.82) is 0 Å². The third kappa shape index (κ3) is 6.22. The largest absolute Gasteiger partial charge is 0.463 e. The molecule has 1 aromatic rings. The molecule has 1 aliphatic rings. The Bertz CT molecular complexity index is 611. The summed E-state index contributed by atoms with van der Waals surface area (Å²) in [5.74, 6) is -0.322. The Balaban J connectivity index is 1.91. The van der Waals surface area contributed by atoms with Gasteiger partial charge in [0.25, 0.3) is 0 Å². The van der Waals surface area contributed by atoms with Crippen molar-refractivity contribution in [2.24, 2.45) is 0 Å². The number of hydrogen-bond donors (Lipinski definition) is 2. The zero-order chi connectivity index (χ0) is 19.1. The van der Waals surface area contributed by atoms with Crippen LogP contribution in [0.15, 0.2) is 24.3 Å². The van der Waals surface area contributed by atoms with E-state index >= 15 is 0 Å². The van der Waals surface area contributed by atoms with Gasteiger partial charge < -0.3 is 25.0 Å². The van der Waals surface area contributed by atoms with Crippen LogP contribution >= 0.6 is 0 Å². The van der Waals surface area contributed by atoms with Crippen molar-refractivity contribution in [3.63, 3.8) is 0 Å². The topological polar surface area (TPSA) is 79.9 Å². The number of rotatable bonds is 6. The lowest BCUT2D eigenvalue weighted by atomic mass is 10.1. The van der Waals surface area contributed by atoms with E-state index in [-0.39, 0.29) is 43.3 Å². The minimum absolute atomic E-state index is 0.132. The van der Waals surface area contributed by atoms with Crippen molar-refractivity contribution in [2.45, 2.75) is 52.4 Å². The summed E-state index contributed by atoms with van der Waals surface area (Å²) in [4.78, 5) is 25.9. The highest BCUT2D eigenvalue weighted by Crippen LogP contribution is 2.28.